The minimum absolute atomic E-state index is 0.0428. The molecule has 0 saturated heterocycles. The molecule has 20 heavy (non-hydrogen) atoms. The Morgan fingerprint density at radius 1 is 1.25 bits per heavy atom. The number of imidazole rings is 1. The second kappa shape index (κ2) is 4.50. The van der Waals surface area contributed by atoms with Crippen LogP contribution in [-0.4, -0.2) is 14.3 Å². The molecule has 6 nitrogen and oxygen atoms in total. The molecule has 0 bridgehead atoms. The molecular weight excluding hydrogens is 280 g/mol. The number of hydrogen-bond acceptors (Lipinski definition) is 4. The molecule has 2 heterocycles. The second-order valence-electron chi connectivity index (χ2n) is 4.17. The number of anilines is 1. The molecule has 2 N–H and O–H groups in total. The smallest absolute Gasteiger partial charge is 0.278 e. The molecule has 0 amide bonds. The molecule has 0 unspecified atom stereocenters. The summed E-state index contributed by atoms with van der Waals surface area (Å²) in [6, 6.07) is 9.75. The third kappa shape index (κ3) is 1.78. The van der Waals surface area contributed by atoms with Crippen molar-refractivity contribution in [2.75, 3.05) is 5.73 Å². The van der Waals surface area contributed by atoms with Crippen LogP contribution >= 0.6 is 11.6 Å². The van der Waals surface area contributed by atoms with Crippen LogP contribution in [0, 0.1) is 10.1 Å². The number of nitro groups is 1. The fourth-order valence-corrected chi connectivity index (χ4v) is 2.29. The molecule has 0 saturated carbocycles. The molecule has 100 valence electrons. The predicted molar refractivity (Wildman–Crippen MR) is 76.7 cm³/mol. The van der Waals surface area contributed by atoms with Crippen LogP contribution in [0.25, 0.3) is 16.9 Å². The lowest BCUT2D eigenvalue weighted by molar-refractivity contribution is -0.384. The van der Waals surface area contributed by atoms with E-state index in [1.54, 1.807) is 40.9 Å². The number of nitrogens with two attached hydrogens (primary N) is 1. The zero-order chi connectivity index (χ0) is 14.3. The zero-order valence-corrected chi connectivity index (χ0v) is 10.9. The summed E-state index contributed by atoms with van der Waals surface area (Å²) in [5.74, 6) is 0.316. The molecule has 0 fully saturated rings. The highest BCUT2D eigenvalue weighted by Gasteiger charge is 2.20. The van der Waals surface area contributed by atoms with Crippen LogP contribution in [0.4, 0.5) is 11.5 Å². The summed E-state index contributed by atoms with van der Waals surface area (Å²) in [4.78, 5) is 15.0. The van der Waals surface area contributed by atoms with E-state index in [1.165, 1.54) is 6.07 Å². The Labute approximate surface area is 118 Å². The highest BCUT2D eigenvalue weighted by molar-refractivity contribution is 6.33. The van der Waals surface area contributed by atoms with Crippen LogP contribution < -0.4 is 5.73 Å². The molecule has 0 atom stereocenters. The van der Waals surface area contributed by atoms with Crippen molar-refractivity contribution < 1.29 is 4.92 Å². The van der Waals surface area contributed by atoms with Gasteiger partial charge in [-0.2, -0.15) is 0 Å². The minimum atomic E-state index is -0.458. The summed E-state index contributed by atoms with van der Waals surface area (Å²) in [6.07, 6.45) is 1.71. The van der Waals surface area contributed by atoms with Gasteiger partial charge in [0.1, 0.15) is 11.5 Å². The van der Waals surface area contributed by atoms with E-state index >= 15 is 0 Å². The number of nitro benzene ring substituents is 1. The maximum Gasteiger partial charge on any atom is 0.278 e. The number of fused-ring (bicyclic) bond motifs is 1. The molecule has 0 aliphatic carbocycles. The van der Waals surface area contributed by atoms with Gasteiger partial charge in [-0.25, -0.2) is 4.98 Å². The summed E-state index contributed by atoms with van der Waals surface area (Å²) >= 11 is 6.06. The molecule has 0 aliphatic heterocycles. The van der Waals surface area contributed by atoms with Gasteiger partial charge in [0.15, 0.2) is 5.65 Å². The average Bonchev–Trinajstić information content (AvgIpc) is 2.78. The van der Waals surface area contributed by atoms with Crippen molar-refractivity contribution in [3.63, 3.8) is 0 Å². The van der Waals surface area contributed by atoms with Crippen LogP contribution in [0.15, 0.2) is 42.6 Å². The summed E-state index contributed by atoms with van der Waals surface area (Å²) in [5, 5.41) is 11.5. The van der Waals surface area contributed by atoms with Crippen LogP contribution in [-0.2, 0) is 0 Å². The van der Waals surface area contributed by atoms with Gasteiger partial charge in [0.2, 0.25) is 0 Å². The molecular formula is C13H9ClN4O2. The second-order valence-corrected chi connectivity index (χ2v) is 4.58. The molecule has 0 aliphatic rings. The molecule has 0 spiro atoms. The molecule has 1 aromatic carbocycles. The quantitative estimate of drug-likeness (QED) is 0.579. The number of rotatable bonds is 2. The van der Waals surface area contributed by atoms with Gasteiger partial charge in [-0.15, -0.1) is 0 Å². The Morgan fingerprint density at radius 3 is 2.70 bits per heavy atom. The fraction of sp³-hybridized carbons (Fsp3) is 0. The van der Waals surface area contributed by atoms with Crippen LogP contribution in [0.5, 0.6) is 0 Å². The minimum Gasteiger partial charge on any atom is -0.383 e. The van der Waals surface area contributed by atoms with E-state index in [1.807, 2.05) is 0 Å². The fourth-order valence-electron chi connectivity index (χ4n) is 2.08. The number of para-hydroxylation sites is 1. The number of halogens is 1. The Hall–Kier alpha value is -2.60. The van der Waals surface area contributed by atoms with Gasteiger partial charge in [0, 0.05) is 12.3 Å². The number of aromatic nitrogens is 2. The number of nitrogens with zero attached hydrogens (tertiary/aromatic N) is 3. The Morgan fingerprint density at radius 2 is 2.00 bits per heavy atom. The largest absolute Gasteiger partial charge is 0.383 e. The molecule has 7 heteroatoms. The highest BCUT2D eigenvalue weighted by Crippen LogP contribution is 2.34. The summed E-state index contributed by atoms with van der Waals surface area (Å²) < 4.78 is 1.61. The standard InChI is InChI=1S/C13H9ClN4O2/c14-9-5-3-7-17-12(15)11(16-13(9)17)8-4-1-2-6-10(8)18(19)20/h1-7H,15H2. The van der Waals surface area contributed by atoms with Gasteiger partial charge in [-0.05, 0) is 18.2 Å². The predicted octanol–water partition coefficient (Wildman–Crippen LogP) is 3.15. The molecule has 3 aromatic rings. The first-order chi connectivity index (χ1) is 9.59. The van der Waals surface area contributed by atoms with E-state index in [-0.39, 0.29) is 5.69 Å². The monoisotopic (exact) mass is 288 g/mol. The average molecular weight is 289 g/mol. The van der Waals surface area contributed by atoms with Gasteiger partial charge in [0.25, 0.3) is 5.69 Å². The van der Waals surface area contributed by atoms with Gasteiger partial charge in [0.05, 0.1) is 15.5 Å². The number of nitrogen functional groups attached to an aromatic ring is 1. The Balaban J connectivity index is 2.34. The van der Waals surface area contributed by atoms with E-state index in [0.29, 0.717) is 27.7 Å². The number of hydrogen-bond donors (Lipinski definition) is 1. The highest BCUT2D eigenvalue weighted by atomic mass is 35.5. The lowest BCUT2D eigenvalue weighted by Gasteiger charge is -2.00. The van der Waals surface area contributed by atoms with Crippen molar-refractivity contribution in [2.24, 2.45) is 0 Å². The van der Waals surface area contributed by atoms with Crippen molar-refractivity contribution >= 4 is 28.8 Å². The first-order valence-electron chi connectivity index (χ1n) is 5.75. The zero-order valence-electron chi connectivity index (χ0n) is 10.2. The van der Waals surface area contributed by atoms with Crippen LogP contribution in [0.2, 0.25) is 5.02 Å². The van der Waals surface area contributed by atoms with Crippen LogP contribution in [0.1, 0.15) is 0 Å². The van der Waals surface area contributed by atoms with Gasteiger partial charge in [-0.1, -0.05) is 23.7 Å². The SMILES string of the molecule is Nc1c(-c2ccccc2[N+](=O)[O-])nc2c(Cl)cccn12. The molecule has 3 rings (SSSR count). The van der Waals surface area contributed by atoms with E-state index in [4.69, 9.17) is 17.3 Å². The van der Waals surface area contributed by atoms with Gasteiger partial charge in [-0.3, -0.25) is 14.5 Å². The lowest BCUT2D eigenvalue weighted by atomic mass is 10.1. The Bertz CT molecular complexity index is 828. The first kappa shape index (κ1) is 12.4. The lowest BCUT2D eigenvalue weighted by Crippen LogP contribution is -1.96. The van der Waals surface area contributed by atoms with Crippen LogP contribution in [0.3, 0.4) is 0 Å². The third-order valence-electron chi connectivity index (χ3n) is 3.00. The third-order valence-corrected chi connectivity index (χ3v) is 3.29. The van der Waals surface area contributed by atoms with Gasteiger partial charge < -0.3 is 5.73 Å². The summed E-state index contributed by atoms with van der Waals surface area (Å²) in [5.41, 5.74) is 7.18. The van der Waals surface area contributed by atoms with Crippen molar-refractivity contribution in [1.82, 2.24) is 9.38 Å². The van der Waals surface area contributed by atoms with E-state index < -0.39 is 4.92 Å². The van der Waals surface area contributed by atoms with Crippen molar-refractivity contribution in [3.05, 3.63) is 57.7 Å². The van der Waals surface area contributed by atoms with Crippen molar-refractivity contribution in [3.8, 4) is 11.3 Å². The molecule has 0 radical (unpaired) electrons. The summed E-state index contributed by atoms with van der Waals surface area (Å²) in [7, 11) is 0. The Kier molecular flexibility index (Phi) is 2.80. The van der Waals surface area contributed by atoms with E-state index in [2.05, 4.69) is 4.98 Å². The maximum atomic E-state index is 11.1. The molecule has 2 aromatic heterocycles. The van der Waals surface area contributed by atoms with E-state index in [9.17, 15) is 10.1 Å². The van der Waals surface area contributed by atoms with Crippen molar-refractivity contribution in [2.45, 2.75) is 0 Å². The normalized spacial score (nSPS) is 10.8. The van der Waals surface area contributed by atoms with Gasteiger partial charge >= 0.3 is 0 Å². The number of pyridine rings is 1. The maximum absolute atomic E-state index is 11.1. The number of benzene rings is 1. The van der Waals surface area contributed by atoms with E-state index in [0.717, 1.165) is 0 Å². The summed E-state index contributed by atoms with van der Waals surface area (Å²) in [6.45, 7) is 0. The first-order valence-corrected chi connectivity index (χ1v) is 6.13. The van der Waals surface area contributed by atoms with Crippen molar-refractivity contribution in [1.29, 1.82) is 0 Å². The topological polar surface area (TPSA) is 86.5 Å².